The molecule has 2 amide bonds. The van der Waals surface area contributed by atoms with E-state index in [1.807, 2.05) is 44.1 Å². The van der Waals surface area contributed by atoms with Crippen molar-refractivity contribution in [2.24, 2.45) is 0 Å². The predicted octanol–water partition coefficient (Wildman–Crippen LogP) is 1.72. The van der Waals surface area contributed by atoms with Gasteiger partial charge < -0.3 is 19.6 Å². The van der Waals surface area contributed by atoms with E-state index in [4.69, 9.17) is 4.98 Å². The number of nitrogens with zero attached hydrogens (tertiary/aromatic N) is 6. The van der Waals surface area contributed by atoms with E-state index in [-0.39, 0.29) is 30.1 Å². The second-order valence-corrected chi connectivity index (χ2v) is 8.33. The molecule has 0 radical (unpaired) electrons. The highest BCUT2D eigenvalue weighted by atomic mass is 19.1. The molecule has 2 aromatic rings. The number of hydrogen-bond donors (Lipinski definition) is 0. The summed E-state index contributed by atoms with van der Waals surface area (Å²) >= 11 is 0. The van der Waals surface area contributed by atoms with E-state index in [1.54, 1.807) is 29.0 Å². The lowest BCUT2D eigenvalue weighted by Crippen LogP contribution is -2.35. The van der Waals surface area contributed by atoms with E-state index in [9.17, 15) is 14.0 Å². The Kier molecular flexibility index (Phi) is 6.84. The highest BCUT2D eigenvalue weighted by Gasteiger charge is 2.33. The number of anilines is 2. The lowest BCUT2D eigenvalue weighted by atomic mass is 10.0. The maximum absolute atomic E-state index is 13.3. The lowest BCUT2D eigenvalue weighted by molar-refractivity contribution is -0.131. The first-order chi connectivity index (χ1) is 14.6. The van der Waals surface area contributed by atoms with Gasteiger partial charge in [-0.1, -0.05) is 0 Å². The van der Waals surface area contributed by atoms with Crippen molar-refractivity contribution in [3.63, 3.8) is 0 Å². The Labute approximate surface area is 182 Å². The van der Waals surface area contributed by atoms with Gasteiger partial charge in [0.25, 0.3) is 0 Å². The number of rotatable bonds is 7. The zero-order valence-corrected chi connectivity index (χ0v) is 18.7. The number of amides is 2. The standard InChI is InChI=1S/C22H29FN6O2/c1-26(2)14-22(31)28(5)13-19-24-18(11-20(25-19)27(3)4)15-10-21(30)29(12-15)17-8-6-16(23)7-9-17/h6-9,11,15H,10,12-14H2,1-5H3. The van der Waals surface area contributed by atoms with Gasteiger partial charge in [0.2, 0.25) is 11.8 Å². The van der Waals surface area contributed by atoms with Gasteiger partial charge in [0.15, 0.2) is 0 Å². The van der Waals surface area contributed by atoms with E-state index in [1.165, 1.54) is 12.1 Å². The third kappa shape index (κ3) is 5.55. The molecule has 1 aliphatic heterocycles. The molecule has 2 heterocycles. The van der Waals surface area contributed by atoms with Crippen molar-refractivity contribution in [2.75, 3.05) is 58.1 Å². The normalized spacial score (nSPS) is 16.2. The highest BCUT2D eigenvalue weighted by molar-refractivity contribution is 5.96. The Morgan fingerprint density at radius 1 is 1.13 bits per heavy atom. The van der Waals surface area contributed by atoms with Crippen LogP contribution in [0.25, 0.3) is 0 Å². The first kappa shape index (κ1) is 22.6. The summed E-state index contributed by atoms with van der Waals surface area (Å²) in [6, 6.07) is 7.80. The van der Waals surface area contributed by atoms with Gasteiger partial charge in [-0.2, -0.15) is 0 Å². The summed E-state index contributed by atoms with van der Waals surface area (Å²) < 4.78 is 13.3. The number of carbonyl (C=O) groups excluding carboxylic acids is 2. The quantitative estimate of drug-likeness (QED) is 0.669. The molecule has 0 N–H and O–H groups in total. The predicted molar refractivity (Wildman–Crippen MR) is 117 cm³/mol. The second kappa shape index (κ2) is 9.38. The molecule has 0 saturated carbocycles. The molecule has 1 aliphatic rings. The SMILES string of the molecule is CN(C)CC(=O)N(C)Cc1nc(C2CC(=O)N(c3ccc(F)cc3)C2)cc(N(C)C)n1. The number of benzene rings is 1. The van der Waals surface area contributed by atoms with Gasteiger partial charge in [-0.25, -0.2) is 14.4 Å². The van der Waals surface area contributed by atoms with Gasteiger partial charge in [0.1, 0.15) is 17.5 Å². The minimum absolute atomic E-state index is 0.0241. The Balaban J connectivity index is 1.83. The van der Waals surface area contributed by atoms with Crippen LogP contribution in [0.2, 0.25) is 0 Å². The molecule has 166 valence electrons. The van der Waals surface area contributed by atoms with Crippen LogP contribution >= 0.6 is 0 Å². The molecule has 3 rings (SSSR count). The van der Waals surface area contributed by atoms with Crippen molar-refractivity contribution >= 4 is 23.3 Å². The summed E-state index contributed by atoms with van der Waals surface area (Å²) in [6.45, 7) is 1.05. The molecular weight excluding hydrogens is 399 g/mol. The molecule has 1 atom stereocenters. The van der Waals surface area contributed by atoms with Crippen LogP contribution in [0.3, 0.4) is 0 Å². The average molecular weight is 429 g/mol. The van der Waals surface area contributed by atoms with Crippen LogP contribution in [-0.2, 0) is 16.1 Å². The van der Waals surface area contributed by atoms with Crippen LogP contribution in [0.1, 0.15) is 23.9 Å². The van der Waals surface area contributed by atoms with Crippen molar-refractivity contribution in [1.82, 2.24) is 19.8 Å². The van der Waals surface area contributed by atoms with Crippen LogP contribution in [0.15, 0.2) is 30.3 Å². The van der Waals surface area contributed by atoms with E-state index in [2.05, 4.69) is 4.98 Å². The zero-order chi connectivity index (χ0) is 22.7. The Morgan fingerprint density at radius 3 is 2.42 bits per heavy atom. The van der Waals surface area contributed by atoms with Crippen LogP contribution in [-0.4, -0.2) is 79.9 Å². The molecule has 1 saturated heterocycles. The molecular formula is C22H29FN6O2. The average Bonchev–Trinajstić information content (AvgIpc) is 3.09. The van der Waals surface area contributed by atoms with Gasteiger partial charge in [0, 0.05) is 51.8 Å². The Morgan fingerprint density at radius 2 is 1.81 bits per heavy atom. The number of likely N-dealkylation sites (N-methyl/N-ethyl adjacent to an activating group) is 2. The summed E-state index contributed by atoms with van der Waals surface area (Å²) in [5.41, 5.74) is 1.44. The molecule has 1 fully saturated rings. The minimum atomic E-state index is -0.337. The molecule has 0 aliphatic carbocycles. The van der Waals surface area contributed by atoms with Gasteiger partial charge in [-0.3, -0.25) is 9.59 Å². The maximum Gasteiger partial charge on any atom is 0.236 e. The van der Waals surface area contributed by atoms with Crippen molar-refractivity contribution in [3.8, 4) is 0 Å². The van der Waals surface area contributed by atoms with Crippen molar-refractivity contribution in [2.45, 2.75) is 18.9 Å². The van der Waals surface area contributed by atoms with Crippen molar-refractivity contribution in [1.29, 1.82) is 0 Å². The summed E-state index contributed by atoms with van der Waals surface area (Å²) in [7, 11) is 9.20. The van der Waals surface area contributed by atoms with Crippen LogP contribution < -0.4 is 9.80 Å². The molecule has 1 aromatic carbocycles. The largest absolute Gasteiger partial charge is 0.363 e. The van der Waals surface area contributed by atoms with Gasteiger partial charge >= 0.3 is 0 Å². The van der Waals surface area contributed by atoms with Crippen LogP contribution in [0.4, 0.5) is 15.9 Å². The van der Waals surface area contributed by atoms with Gasteiger partial charge in [-0.05, 0) is 38.4 Å². The molecule has 0 spiro atoms. The van der Waals surface area contributed by atoms with Crippen molar-refractivity contribution < 1.29 is 14.0 Å². The summed E-state index contributed by atoms with van der Waals surface area (Å²) in [5.74, 6) is 0.756. The fourth-order valence-electron chi connectivity index (χ4n) is 3.48. The van der Waals surface area contributed by atoms with E-state index in [0.717, 1.165) is 11.5 Å². The second-order valence-electron chi connectivity index (χ2n) is 8.33. The van der Waals surface area contributed by atoms with Crippen LogP contribution in [0, 0.1) is 5.82 Å². The maximum atomic E-state index is 13.3. The van der Waals surface area contributed by atoms with E-state index < -0.39 is 0 Å². The Hall–Kier alpha value is -3.07. The minimum Gasteiger partial charge on any atom is -0.363 e. The highest BCUT2D eigenvalue weighted by Crippen LogP contribution is 2.32. The third-order valence-corrected chi connectivity index (χ3v) is 5.17. The summed E-state index contributed by atoms with van der Waals surface area (Å²) in [6.07, 6.45) is 0.316. The monoisotopic (exact) mass is 428 g/mol. The van der Waals surface area contributed by atoms with Gasteiger partial charge in [-0.15, -0.1) is 0 Å². The number of aromatic nitrogens is 2. The fraction of sp³-hybridized carbons (Fsp3) is 0.455. The lowest BCUT2D eigenvalue weighted by Gasteiger charge is -2.21. The summed E-state index contributed by atoms with van der Waals surface area (Å²) in [5, 5.41) is 0. The molecule has 31 heavy (non-hydrogen) atoms. The molecule has 1 aromatic heterocycles. The number of halogens is 1. The first-order valence-electron chi connectivity index (χ1n) is 10.1. The number of carbonyl (C=O) groups is 2. The molecule has 0 bridgehead atoms. The Bertz CT molecular complexity index is 948. The van der Waals surface area contributed by atoms with Crippen LogP contribution in [0.5, 0.6) is 0 Å². The molecule has 8 nitrogen and oxygen atoms in total. The smallest absolute Gasteiger partial charge is 0.236 e. The topological polar surface area (TPSA) is 72.9 Å². The number of hydrogen-bond acceptors (Lipinski definition) is 6. The first-order valence-corrected chi connectivity index (χ1v) is 10.1. The summed E-state index contributed by atoms with van der Waals surface area (Å²) in [4.78, 5) is 41.2. The van der Waals surface area contributed by atoms with Gasteiger partial charge in [0.05, 0.1) is 18.8 Å². The fourth-order valence-corrected chi connectivity index (χ4v) is 3.48. The van der Waals surface area contributed by atoms with Crippen molar-refractivity contribution in [3.05, 3.63) is 47.7 Å². The zero-order valence-electron chi connectivity index (χ0n) is 18.7. The molecule has 1 unspecified atom stereocenters. The van der Waals surface area contributed by atoms with E-state index in [0.29, 0.717) is 31.0 Å². The van der Waals surface area contributed by atoms with E-state index >= 15 is 0 Å². The molecule has 9 heteroatoms. The third-order valence-electron chi connectivity index (χ3n) is 5.17.